The number of piperazine rings is 1. The second-order valence-corrected chi connectivity index (χ2v) is 12.1. The van der Waals surface area contributed by atoms with Crippen LogP contribution in [0.4, 0.5) is 0 Å². The van der Waals surface area contributed by atoms with Crippen LogP contribution >= 0.6 is 11.8 Å². The molecule has 8 nitrogen and oxygen atoms in total. The van der Waals surface area contributed by atoms with E-state index >= 15 is 0 Å². The summed E-state index contributed by atoms with van der Waals surface area (Å²) in [4.78, 5) is 30.2. The fraction of sp³-hybridized carbons (Fsp3) is 0.257. The van der Waals surface area contributed by atoms with Gasteiger partial charge in [0, 0.05) is 49.1 Å². The maximum Gasteiger partial charge on any atom is 0.254 e. The molecule has 2 aromatic heterocycles. The van der Waals surface area contributed by atoms with Gasteiger partial charge in [-0.1, -0.05) is 71.9 Å². The van der Waals surface area contributed by atoms with Crippen LogP contribution in [0.3, 0.4) is 0 Å². The Hall–Kier alpha value is -4.63. The van der Waals surface area contributed by atoms with Crippen LogP contribution in [0.2, 0.25) is 0 Å². The quantitative estimate of drug-likeness (QED) is 0.137. The summed E-state index contributed by atoms with van der Waals surface area (Å²) in [5.74, 6) is 2.14. The number of benzene rings is 3. The molecular formula is C35H35N5O3S. The van der Waals surface area contributed by atoms with Crippen molar-refractivity contribution >= 4 is 23.6 Å². The van der Waals surface area contributed by atoms with E-state index in [0.29, 0.717) is 49.6 Å². The Morgan fingerprint density at radius 3 is 2.34 bits per heavy atom. The van der Waals surface area contributed by atoms with Crippen LogP contribution in [0, 0.1) is 6.92 Å². The van der Waals surface area contributed by atoms with Crippen molar-refractivity contribution < 1.29 is 14.0 Å². The van der Waals surface area contributed by atoms with Crippen LogP contribution < -0.4 is 0 Å². The van der Waals surface area contributed by atoms with Crippen molar-refractivity contribution in [2.24, 2.45) is 0 Å². The number of carbonyl (C=O) groups excluding carboxylic acids is 2. The van der Waals surface area contributed by atoms with Gasteiger partial charge in [-0.3, -0.25) is 14.2 Å². The summed E-state index contributed by atoms with van der Waals surface area (Å²) in [5, 5.41) is 9.60. The molecule has 224 valence electrons. The van der Waals surface area contributed by atoms with Crippen molar-refractivity contribution in [3.05, 3.63) is 108 Å². The number of amides is 2. The third-order valence-corrected chi connectivity index (χ3v) is 8.93. The fourth-order valence-corrected chi connectivity index (χ4v) is 6.38. The minimum absolute atomic E-state index is 0.00668. The van der Waals surface area contributed by atoms with E-state index in [2.05, 4.69) is 41.4 Å². The largest absolute Gasteiger partial charge is 0.461 e. The molecule has 0 spiro atoms. The monoisotopic (exact) mass is 605 g/mol. The summed E-state index contributed by atoms with van der Waals surface area (Å²) >= 11 is 1.58. The van der Waals surface area contributed by atoms with Gasteiger partial charge >= 0.3 is 0 Å². The Labute approximate surface area is 261 Å². The fourth-order valence-electron chi connectivity index (χ4n) is 5.49. The van der Waals surface area contributed by atoms with Gasteiger partial charge in [0.1, 0.15) is 0 Å². The summed E-state index contributed by atoms with van der Waals surface area (Å²) in [7, 11) is 0. The van der Waals surface area contributed by atoms with Gasteiger partial charge in [-0.15, -0.1) is 10.2 Å². The lowest BCUT2D eigenvalue weighted by molar-refractivity contribution is -0.133. The predicted molar refractivity (Wildman–Crippen MR) is 173 cm³/mol. The van der Waals surface area contributed by atoms with Crippen LogP contribution in [0.5, 0.6) is 0 Å². The molecular weight excluding hydrogens is 570 g/mol. The predicted octanol–water partition coefficient (Wildman–Crippen LogP) is 6.75. The molecule has 0 aliphatic carbocycles. The van der Waals surface area contributed by atoms with E-state index in [1.54, 1.807) is 18.0 Å². The Balaban J connectivity index is 1.02. The molecule has 1 fully saturated rings. The molecule has 1 aliphatic rings. The summed E-state index contributed by atoms with van der Waals surface area (Å²) in [6.07, 6.45) is 2.78. The SMILES string of the molecule is Cc1ccc(-n2c(SCCCC(=O)N3CCN(C(=O)c4ccc(-c5ccccc5)cc4)C(C)C3)nnc2-c2ccco2)cc1. The first-order valence-electron chi connectivity index (χ1n) is 14.9. The number of aryl methyl sites for hydroxylation is 1. The van der Waals surface area contributed by atoms with Crippen LogP contribution in [0.25, 0.3) is 28.4 Å². The van der Waals surface area contributed by atoms with Crippen LogP contribution in [0.15, 0.2) is 107 Å². The van der Waals surface area contributed by atoms with Crippen LogP contribution in [-0.4, -0.2) is 67.8 Å². The molecule has 3 aromatic carbocycles. The van der Waals surface area contributed by atoms with E-state index in [1.807, 2.05) is 88.0 Å². The summed E-state index contributed by atoms with van der Waals surface area (Å²) in [6.45, 7) is 5.67. The molecule has 2 amide bonds. The van der Waals surface area contributed by atoms with Gasteiger partial charge in [0.25, 0.3) is 5.91 Å². The summed E-state index contributed by atoms with van der Waals surface area (Å²) < 4.78 is 7.61. The molecule has 1 unspecified atom stereocenters. The van der Waals surface area contributed by atoms with E-state index in [9.17, 15) is 9.59 Å². The molecule has 3 heterocycles. The minimum atomic E-state index is -0.0588. The van der Waals surface area contributed by atoms with Crippen molar-refractivity contribution in [2.75, 3.05) is 25.4 Å². The molecule has 1 atom stereocenters. The lowest BCUT2D eigenvalue weighted by Crippen LogP contribution is -2.55. The lowest BCUT2D eigenvalue weighted by Gasteiger charge is -2.40. The molecule has 0 bridgehead atoms. The maximum absolute atomic E-state index is 13.3. The number of furan rings is 1. The first-order valence-corrected chi connectivity index (χ1v) is 15.9. The Kier molecular flexibility index (Phi) is 8.93. The van der Waals surface area contributed by atoms with E-state index in [4.69, 9.17) is 4.42 Å². The van der Waals surface area contributed by atoms with E-state index in [-0.39, 0.29) is 17.9 Å². The lowest BCUT2D eigenvalue weighted by atomic mass is 10.0. The zero-order chi connectivity index (χ0) is 30.5. The van der Waals surface area contributed by atoms with Crippen molar-refractivity contribution in [1.29, 1.82) is 0 Å². The van der Waals surface area contributed by atoms with Crippen LogP contribution in [-0.2, 0) is 4.79 Å². The van der Waals surface area contributed by atoms with E-state index in [1.165, 1.54) is 5.56 Å². The first kappa shape index (κ1) is 29.4. The average molecular weight is 606 g/mol. The van der Waals surface area contributed by atoms with Gasteiger partial charge in [0.2, 0.25) is 11.7 Å². The van der Waals surface area contributed by atoms with Gasteiger partial charge in [-0.05, 0) is 67.8 Å². The van der Waals surface area contributed by atoms with Gasteiger partial charge in [-0.2, -0.15) is 0 Å². The topological polar surface area (TPSA) is 84.5 Å². The molecule has 44 heavy (non-hydrogen) atoms. The normalized spacial score (nSPS) is 15.0. The van der Waals surface area contributed by atoms with Crippen molar-refractivity contribution in [1.82, 2.24) is 24.6 Å². The average Bonchev–Trinajstić information content (AvgIpc) is 3.74. The third kappa shape index (κ3) is 6.48. The molecule has 0 N–H and O–H groups in total. The number of nitrogens with zero attached hydrogens (tertiary/aromatic N) is 5. The zero-order valence-corrected chi connectivity index (χ0v) is 25.7. The van der Waals surface area contributed by atoms with Crippen molar-refractivity contribution in [2.45, 2.75) is 37.9 Å². The highest BCUT2D eigenvalue weighted by molar-refractivity contribution is 7.99. The highest BCUT2D eigenvalue weighted by Crippen LogP contribution is 2.29. The van der Waals surface area contributed by atoms with E-state index < -0.39 is 0 Å². The molecule has 6 rings (SSSR count). The standard InChI is InChI=1S/C35H35N5O3S/c1-25-12-18-30(19-13-25)40-33(31-10-6-22-43-31)36-37-35(40)44-23-7-11-32(41)38-20-21-39(26(2)24-38)34(42)29-16-14-28(15-17-29)27-8-4-3-5-9-27/h3-6,8-10,12-19,22,26H,7,11,20-21,23-24H2,1-2H3. The maximum atomic E-state index is 13.3. The summed E-state index contributed by atoms with van der Waals surface area (Å²) in [5.41, 5.74) is 5.00. The highest BCUT2D eigenvalue weighted by atomic mass is 32.2. The Morgan fingerprint density at radius 2 is 1.64 bits per heavy atom. The summed E-state index contributed by atoms with van der Waals surface area (Å²) in [6, 6.07) is 29.8. The number of thioether (sulfide) groups is 1. The molecule has 1 saturated heterocycles. The van der Waals surface area contributed by atoms with Crippen molar-refractivity contribution in [3.8, 4) is 28.4 Å². The van der Waals surface area contributed by atoms with Gasteiger partial charge in [0.05, 0.1) is 6.26 Å². The zero-order valence-electron chi connectivity index (χ0n) is 24.9. The molecule has 9 heteroatoms. The minimum Gasteiger partial charge on any atom is -0.461 e. The Morgan fingerprint density at radius 1 is 0.886 bits per heavy atom. The third-order valence-electron chi connectivity index (χ3n) is 7.91. The molecule has 0 radical (unpaired) electrons. The second-order valence-electron chi connectivity index (χ2n) is 11.0. The van der Waals surface area contributed by atoms with Crippen molar-refractivity contribution in [3.63, 3.8) is 0 Å². The Bertz CT molecular complexity index is 1700. The number of hydrogen-bond donors (Lipinski definition) is 0. The smallest absolute Gasteiger partial charge is 0.254 e. The second kappa shape index (κ2) is 13.3. The highest BCUT2D eigenvalue weighted by Gasteiger charge is 2.30. The van der Waals surface area contributed by atoms with Gasteiger partial charge in [-0.25, -0.2) is 0 Å². The molecule has 5 aromatic rings. The van der Waals surface area contributed by atoms with Crippen LogP contribution in [0.1, 0.15) is 35.7 Å². The molecule has 1 aliphatic heterocycles. The number of aromatic nitrogens is 3. The number of rotatable bonds is 9. The van der Waals surface area contributed by atoms with E-state index in [0.717, 1.165) is 27.7 Å². The van der Waals surface area contributed by atoms with Gasteiger partial charge < -0.3 is 14.2 Å². The number of carbonyl (C=O) groups is 2. The first-order chi connectivity index (χ1) is 21.5. The molecule has 0 saturated carbocycles. The number of hydrogen-bond acceptors (Lipinski definition) is 6. The van der Waals surface area contributed by atoms with Gasteiger partial charge in [0.15, 0.2) is 10.9 Å².